The molecule has 519 valence electrons. The summed E-state index contributed by atoms with van der Waals surface area (Å²) in [5.74, 6) is 0.944. The second-order valence-corrected chi connectivity index (χ2v) is 164. The van der Waals surface area contributed by atoms with Crippen LogP contribution in [0.15, 0.2) is 0 Å². The molecule has 4 unspecified atom stereocenters. The maximum atomic E-state index is 4.27. The van der Waals surface area contributed by atoms with Crippen LogP contribution in [0.25, 0.3) is 0 Å². The highest BCUT2D eigenvalue weighted by molar-refractivity contribution is 14.3. The van der Waals surface area contributed by atoms with Gasteiger partial charge < -0.3 is 22.9 Å². The number of thiol groups is 1. The summed E-state index contributed by atoms with van der Waals surface area (Å²) in [5, 5.41) is 0. The Morgan fingerprint density at radius 3 is 0.337 bits per heavy atom. The molecule has 0 amide bonds. The molecular weight excluding hydrogens is 5160 g/mol. The second kappa shape index (κ2) is 77.1. The van der Waals surface area contributed by atoms with Gasteiger partial charge in [0.05, 0.1) is 0 Å². The number of halogens is 36. The molecule has 0 aromatic rings. The smallest absolute Gasteiger partial charge is 0.179 e. The largest absolute Gasteiger partial charge is 0.353 e. The first-order valence-electron chi connectivity index (χ1n) is 23.2. The molecule has 4 nitrogen and oxygen atoms in total. The Hall–Kier alpha value is 26.5. The van der Waals surface area contributed by atoms with Crippen molar-refractivity contribution in [3.63, 3.8) is 0 Å². The summed E-state index contributed by atoms with van der Waals surface area (Å²) in [6.45, 7) is 19.2. The Labute approximate surface area is 1010 Å². The summed E-state index contributed by atoms with van der Waals surface area (Å²) >= 11 is 90.2. The summed E-state index contributed by atoms with van der Waals surface area (Å²) in [6, 6.07) is 2.22. The van der Waals surface area contributed by atoms with E-state index >= 15 is 0 Å². The van der Waals surface area contributed by atoms with E-state index < -0.39 is 0 Å². The zero-order valence-corrected chi connectivity index (χ0v) is 125. The molecule has 0 saturated carbocycles. The van der Waals surface area contributed by atoms with E-state index in [1.165, 1.54) is 103 Å². The van der Waals surface area contributed by atoms with E-state index in [-0.39, 0.29) is -2.26 Å². The number of rotatable bonds is 22. The molecular formula is C42H78I36N4S+5. The van der Waals surface area contributed by atoms with E-state index in [9.17, 15) is 0 Å². The molecule has 0 heterocycles. The van der Waals surface area contributed by atoms with E-state index in [0.717, 1.165) is 5.75 Å². The van der Waals surface area contributed by atoms with Gasteiger partial charge in [-0.15, -0.1) is 0 Å². The molecule has 0 aliphatic heterocycles. The number of quaternary nitrogens is 4. The van der Waals surface area contributed by atoms with Crippen LogP contribution < -0.4 is 22.9 Å². The molecule has 0 rings (SSSR count). The van der Waals surface area contributed by atoms with Gasteiger partial charge in [0.1, 0.15) is 19.6 Å². The highest BCUT2D eigenvalue weighted by Gasteiger charge is 2.32. The topological polar surface area (TPSA) is 111 Å². The minimum atomic E-state index is 0.279. The van der Waals surface area contributed by atoms with Crippen molar-refractivity contribution in [2.75, 3.05) is 5.75 Å². The van der Waals surface area contributed by atoms with Gasteiger partial charge in [0, 0.05) is 25.7 Å². The molecule has 41 heteroatoms. The van der Waals surface area contributed by atoms with Crippen molar-refractivity contribution >= 4 is 826 Å². The Kier molecular flexibility index (Phi) is 123. The molecule has 0 saturated heterocycles. The lowest BCUT2D eigenvalue weighted by molar-refractivity contribution is -0.415. The van der Waals surface area contributed by atoms with Crippen molar-refractivity contribution in [1.82, 2.24) is 0 Å². The van der Waals surface area contributed by atoms with Crippen molar-refractivity contribution in [3.8, 4) is 0 Å². The standard InChI is InChI=1S/2C12H22I6N2.8C2H3I3.C2H6S/c2*13-11(14,15)9(19)7-5-3-1-2-4-6-8-10(20)12(16,17)18;8*1-2(3,4)5;1-2-3/h2*9-10H,1-8,19-20H2;8*1H3;3H,2H2,1H3/q;;;;;;;;;;+1/p+4. The van der Waals surface area contributed by atoms with Gasteiger partial charge in [-0.3, -0.25) is 0 Å². The minimum absolute atomic E-state index is 0.279. The lowest BCUT2D eigenvalue weighted by Crippen LogP contribution is -2.66. The predicted octanol–water partition coefficient (Wildman–Crippen LogP) is 34.5. The Bertz CT molecular complexity index is 1040. The Morgan fingerprint density at radius 1 is 0.217 bits per heavy atom. The molecule has 0 aromatic carbocycles. The van der Waals surface area contributed by atoms with Gasteiger partial charge in [-0.05, 0) is 359 Å². The molecule has 0 spiro atoms. The van der Waals surface area contributed by atoms with Gasteiger partial charge in [0.15, 0.2) is 16.1 Å². The van der Waals surface area contributed by atoms with Crippen LogP contribution in [0.1, 0.15) is 165 Å². The molecule has 1 radical (unpaired) electrons. The first kappa shape index (κ1) is 133. The third-order valence-corrected chi connectivity index (χ3v) is 17.1. The normalized spacial score (nSPS) is 13.8. The molecule has 4 atom stereocenters. The summed E-state index contributed by atoms with van der Waals surface area (Å²) in [6.07, 6.45) is 21.4. The maximum Gasteiger partial charge on any atom is 0.179 e. The minimum Gasteiger partial charge on any atom is -0.353 e. The van der Waals surface area contributed by atoms with Crippen LogP contribution in [0, 0.1) is 0 Å². The van der Waals surface area contributed by atoms with E-state index in [1.807, 2.05) is 6.92 Å². The SMILES string of the molecule is CC(I)(I)I.CC(I)(I)I.CC(I)(I)I.CC(I)(I)I.CC(I)(I)I.CC(I)(I)I.CC(I)(I)I.CC(I)(I)I.CC[SH+].[NH3+]C(CCCCCCCCC([NH3+])C(I)(I)I)C(I)(I)I.[NH3+]C(CCCCCCCCC([NH3+])C(I)(I)I)C(I)(I)I. The third kappa shape index (κ3) is 234. The lowest BCUT2D eigenvalue weighted by atomic mass is 10.0. The monoisotopic (exact) mass is 5240 g/mol. The number of hydrogen-bond acceptors (Lipinski definition) is 1. The van der Waals surface area contributed by atoms with E-state index in [4.69, 9.17) is 0 Å². The van der Waals surface area contributed by atoms with Crippen LogP contribution in [-0.4, -0.2) is 23.1 Å². The van der Waals surface area contributed by atoms with E-state index in [1.54, 1.807) is 0 Å². The molecule has 0 fully saturated rings. The highest BCUT2D eigenvalue weighted by Crippen LogP contribution is 2.43. The first-order chi connectivity index (χ1) is 35.5. The fourth-order valence-electron chi connectivity index (χ4n) is 3.63. The van der Waals surface area contributed by atoms with Gasteiger partial charge >= 0.3 is 0 Å². The number of hydrogen-bond donors (Lipinski definition) is 4. The zero-order valence-electron chi connectivity index (χ0n) is 46.2. The van der Waals surface area contributed by atoms with Crippen LogP contribution in [0.4, 0.5) is 0 Å². The van der Waals surface area contributed by atoms with Gasteiger partial charge in [-0.1, -0.05) is 594 Å². The number of alkyl halides is 36. The summed E-state index contributed by atoms with van der Waals surface area (Å²) in [5.41, 5.74) is 17.1. The summed E-state index contributed by atoms with van der Waals surface area (Å²) < 4.78 is 4.40. The van der Waals surface area contributed by atoms with Crippen LogP contribution in [0.5, 0.6) is 0 Å². The highest BCUT2D eigenvalue weighted by atomic mass is 127. The van der Waals surface area contributed by atoms with Gasteiger partial charge in [-0.2, -0.15) is 0 Å². The first-order valence-corrected chi connectivity index (χ1v) is 62.7. The maximum absolute atomic E-state index is 4.27. The van der Waals surface area contributed by atoms with Crippen molar-refractivity contribution < 1.29 is 22.9 Å². The Morgan fingerprint density at radius 2 is 0.277 bits per heavy atom. The van der Waals surface area contributed by atoms with Crippen molar-refractivity contribution in [2.45, 2.75) is 182 Å². The number of unbranched alkanes of at least 4 members (excludes halogenated alkanes) is 10. The van der Waals surface area contributed by atoms with Crippen molar-refractivity contribution in [2.24, 2.45) is 0 Å². The summed E-state index contributed by atoms with van der Waals surface area (Å²) in [4.78, 5) is 0. The molecule has 0 aliphatic rings. The summed E-state index contributed by atoms with van der Waals surface area (Å²) in [7, 11) is 0. The molecule has 0 bridgehead atoms. The van der Waals surface area contributed by atoms with Gasteiger partial charge in [0.25, 0.3) is 0 Å². The average Bonchev–Trinajstić information content (AvgIpc) is 3.10. The quantitative estimate of drug-likeness (QED) is 0.0272. The fourth-order valence-corrected chi connectivity index (χ4v) is 7.37. The lowest BCUT2D eigenvalue weighted by Gasteiger charge is -2.18. The van der Waals surface area contributed by atoms with Crippen molar-refractivity contribution in [1.29, 1.82) is 0 Å². The van der Waals surface area contributed by atoms with Crippen LogP contribution in [0.2, 0.25) is 0 Å². The van der Waals surface area contributed by atoms with Crippen LogP contribution in [0.3, 0.4) is 0 Å². The average molecular weight is 5240 g/mol. The van der Waals surface area contributed by atoms with Crippen molar-refractivity contribution in [3.05, 3.63) is 0 Å². The third-order valence-electron chi connectivity index (χ3n) is 6.56. The molecule has 12 N–H and O–H groups in total. The predicted molar refractivity (Wildman–Crippen MR) is 703 cm³/mol. The van der Waals surface area contributed by atoms with E-state index in [2.05, 4.69) is 904 Å². The zero-order chi connectivity index (χ0) is 70.3. The molecule has 0 aliphatic carbocycles. The Balaban J connectivity index is -0.0000000831. The van der Waals surface area contributed by atoms with Crippen LogP contribution in [-0.2, 0) is 12.6 Å². The molecule has 83 heavy (non-hydrogen) atoms. The molecule has 0 aromatic heterocycles. The van der Waals surface area contributed by atoms with Gasteiger partial charge in [-0.25, -0.2) is 0 Å². The van der Waals surface area contributed by atoms with E-state index in [0.29, 0.717) is 19.6 Å². The second-order valence-electron chi connectivity index (χ2n) is 16.9. The fraction of sp³-hybridized carbons (Fsp3) is 1.00. The van der Waals surface area contributed by atoms with Gasteiger partial charge in [0.2, 0.25) is 0 Å². The van der Waals surface area contributed by atoms with Crippen LogP contribution >= 0.6 is 813 Å².